The first kappa shape index (κ1) is 19.4. The van der Waals surface area contributed by atoms with Gasteiger partial charge in [-0.2, -0.15) is 13.2 Å². The highest BCUT2D eigenvalue weighted by molar-refractivity contribution is 5.99. The second-order valence-electron chi connectivity index (χ2n) is 5.42. The fraction of sp³-hybridized carbons (Fsp3) is 0.222. The molecule has 4 nitrogen and oxygen atoms in total. The summed E-state index contributed by atoms with van der Waals surface area (Å²) in [6, 6.07) is 9.51. The van der Waals surface area contributed by atoms with E-state index in [0.29, 0.717) is 0 Å². The average Bonchev–Trinajstić information content (AvgIpc) is 2.58. The van der Waals surface area contributed by atoms with E-state index in [1.165, 1.54) is 30.3 Å². The molecule has 0 heterocycles. The highest BCUT2D eigenvalue weighted by Gasteiger charge is 2.33. The summed E-state index contributed by atoms with van der Waals surface area (Å²) in [6.45, 7) is 1.27. The van der Waals surface area contributed by atoms with E-state index in [-0.39, 0.29) is 17.8 Å². The van der Waals surface area contributed by atoms with Crippen LogP contribution in [-0.2, 0) is 11.0 Å². The van der Waals surface area contributed by atoms with Gasteiger partial charge >= 0.3 is 6.18 Å². The minimum Gasteiger partial charge on any atom is -0.330 e. The Kier molecular flexibility index (Phi) is 5.97. The van der Waals surface area contributed by atoms with E-state index in [2.05, 4.69) is 5.32 Å². The third-order valence-corrected chi connectivity index (χ3v) is 3.58. The molecule has 0 radical (unpaired) electrons. The molecule has 2 aromatic rings. The molecule has 8 heteroatoms. The molecule has 1 N–H and O–H groups in total. The van der Waals surface area contributed by atoms with Crippen LogP contribution in [0.25, 0.3) is 0 Å². The van der Waals surface area contributed by atoms with Crippen molar-refractivity contribution in [1.29, 1.82) is 0 Å². The molecule has 0 saturated heterocycles. The van der Waals surface area contributed by atoms with Crippen LogP contribution in [0.15, 0.2) is 48.5 Å². The van der Waals surface area contributed by atoms with Crippen molar-refractivity contribution < 1.29 is 27.2 Å². The largest absolute Gasteiger partial charge is 0.418 e. The van der Waals surface area contributed by atoms with Crippen molar-refractivity contribution in [2.24, 2.45) is 0 Å². The normalized spacial score (nSPS) is 11.1. The molecule has 0 spiro atoms. The van der Waals surface area contributed by atoms with Crippen LogP contribution in [0.4, 0.5) is 23.2 Å². The molecule has 0 aliphatic carbocycles. The molecule has 0 saturated carbocycles. The third-order valence-electron chi connectivity index (χ3n) is 3.58. The van der Waals surface area contributed by atoms with Gasteiger partial charge in [0.05, 0.1) is 11.3 Å². The predicted octanol–water partition coefficient (Wildman–Crippen LogP) is 3.95. The summed E-state index contributed by atoms with van der Waals surface area (Å²) in [5.41, 5.74) is -1.32. The van der Waals surface area contributed by atoms with Crippen LogP contribution >= 0.6 is 0 Å². The smallest absolute Gasteiger partial charge is 0.330 e. The van der Waals surface area contributed by atoms with E-state index in [4.69, 9.17) is 0 Å². The fourth-order valence-electron chi connectivity index (χ4n) is 2.33. The number of halogens is 4. The molecule has 0 atom stereocenters. The Bertz CT molecular complexity index is 806. The lowest BCUT2D eigenvalue weighted by molar-refractivity contribution is -0.137. The molecule has 26 heavy (non-hydrogen) atoms. The number of nitrogens with one attached hydrogen (secondary N) is 1. The monoisotopic (exact) mass is 368 g/mol. The minimum atomic E-state index is -4.62. The summed E-state index contributed by atoms with van der Waals surface area (Å²) in [5.74, 6) is -1.98. The molecule has 0 fully saturated rings. The van der Waals surface area contributed by atoms with Crippen LogP contribution < -0.4 is 5.32 Å². The molecule has 2 rings (SSSR count). The second kappa shape index (κ2) is 7.99. The number of anilines is 1. The van der Waals surface area contributed by atoms with Crippen LogP contribution in [-0.4, -0.2) is 29.8 Å². The van der Waals surface area contributed by atoms with Crippen molar-refractivity contribution in [2.45, 2.75) is 13.1 Å². The zero-order valence-electron chi connectivity index (χ0n) is 13.8. The fourth-order valence-corrected chi connectivity index (χ4v) is 2.33. The Morgan fingerprint density at radius 2 is 1.77 bits per heavy atom. The van der Waals surface area contributed by atoms with Gasteiger partial charge in [-0.25, -0.2) is 4.39 Å². The Balaban J connectivity index is 2.12. The van der Waals surface area contributed by atoms with Crippen molar-refractivity contribution in [2.75, 3.05) is 18.4 Å². The van der Waals surface area contributed by atoms with Gasteiger partial charge in [0.15, 0.2) is 0 Å². The zero-order valence-corrected chi connectivity index (χ0v) is 13.8. The van der Waals surface area contributed by atoms with E-state index < -0.39 is 35.9 Å². The van der Waals surface area contributed by atoms with Gasteiger partial charge in [0.1, 0.15) is 12.4 Å². The third kappa shape index (κ3) is 4.81. The van der Waals surface area contributed by atoms with Crippen molar-refractivity contribution in [3.63, 3.8) is 0 Å². The number of hydrogen-bond donors (Lipinski definition) is 1. The van der Waals surface area contributed by atoms with Crippen LogP contribution in [0.1, 0.15) is 22.8 Å². The molecular formula is C18H16F4N2O2. The van der Waals surface area contributed by atoms with E-state index in [9.17, 15) is 27.2 Å². The summed E-state index contributed by atoms with van der Waals surface area (Å²) in [6.07, 6.45) is -4.62. The molecule has 0 unspecified atom stereocenters. The summed E-state index contributed by atoms with van der Waals surface area (Å²) in [5, 5.41) is 2.17. The van der Waals surface area contributed by atoms with Gasteiger partial charge in [-0.05, 0) is 37.3 Å². The van der Waals surface area contributed by atoms with E-state index >= 15 is 0 Å². The van der Waals surface area contributed by atoms with Crippen LogP contribution in [0, 0.1) is 5.82 Å². The van der Waals surface area contributed by atoms with E-state index in [1.807, 2.05) is 0 Å². The number of benzene rings is 2. The molecule has 0 bridgehead atoms. The van der Waals surface area contributed by atoms with Crippen molar-refractivity contribution in [3.8, 4) is 0 Å². The first-order valence-electron chi connectivity index (χ1n) is 7.73. The lowest BCUT2D eigenvalue weighted by Crippen LogP contribution is -2.38. The quantitative estimate of drug-likeness (QED) is 0.813. The number of para-hydroxylation sites is 1. The molecule has 138 valence electrons. The second-order valence-corrected chi connectivity index (χ2v) is 5.42. The van der Waals surface area contributed by atoms with Crippen molar-refractivity contribution >= 4 is 17.5 Å². The Labute approximate surface area is 147 Å². The standard InChI is InChI=1S/C18H16F4N2O2/c1-2-24(17(26)12-6-5-7-13(19)10-12)11-16(25)23-15-9-4-3-8-14(15)18(20,21)22/h3-10H,2,11H2,1H3,(H,23,25). The van der Waals surface area contributed by atoms with Gasteiger partial charge in [0, 0.05) is 12.1 Å². The highest BCUT2D eigenvalue weighted by atomic mass is 19.4. The number of likely N-dealkylation sites (N-methyl/N-ethyl adjacent to an activating group) is 1. The maximum atomic E-state index is 13.2. The van der Waals surface area contributed by atoms with Gasteiger partial charge in [-0.3, -0.25) is 9.59 Å². The Hall–Kier alpha value is -2.90. The minimum absolute atomic E-state index is 0.0512. The molecule has 0 aliphatic rings. The van der Waals surface area contributed by atoms with Gasteiger partial charge in [-0.15, -0.1) is 0 Å². The topological polar surface area (TPSA) is 49.4 Å². The number of amides is 2. The van der Waals surface area contributed by atoms with Crippen LogP contribution in [0.3, 0.4) is 0 Å². The molecule has 0 aliphatic heterocycles. The molecule has 2 amide bonds. The number of rotatable bonds is 5. The van der Waals surface area contributed by atoms with Crippen molar-refractivity contribution in [3.05, 3.63) is 65.5 Å². The average molecular weight is 368 g/mol. The van der Waals surface area contributed by atoms with Gasteiger partial charge in [0.25, 0.3) is 5.91 Å². The Morgan fingerprint density at radius 1 is 1.08 bits per heavy atom. The number of alkyl halides is 3. The van der Waals surface area contributed by atoms with Gasteiger partial charge in [0.2, 0.25) is 5.91 Å². The Morgan fingerprint density at radius 3 is 2.38 bits per heavy atom. The summed E-state index contributed by atoms with van der Waals surface area (Å²) < 4.78 is 52.1. The maximum Gasteiger partial charge on any atom is 0.418 e. The number of carbonyl (C=O) groups excluding carboxylic acids is 2. The first-order valence-corrected chi connectivity index (χ1v) is 7.73. The maximum absolute atomic E-state index is 13.2. The summed E-state index contributed by atoms with van der Waals surface area (Å²) in [4.78, 5) is 25.6. The molecule has 0 aromatic heterocycles. The van der Waals surface area contributed by atoms with Crippen LogP contribution in [0.5, 0.6) is 0 Å². The zero-order chi connectivity index (χ0) is 19.3. The molecule has 2 aromatic carbocycles. The SMILES string of the molecule is CCN(CC(=O)Nc1ccccc1C(F)(F)F)C(=O)c1cccc(F)c1. The lowest BCUT2D eigenvalue weighted by atomic mass is 10.1. The van der Waals surface area contributed by atoms with Gasteiger partial charge < -0.3 is 10.2 Å². The number of hydrogen-bond acceptors (Lipinski definition) is 2. The summed E-state index contributed by atoms with van der Waals surface area (Å²) in [7, 11) is 0. The van der Waals surface area contributed by atoms with E-state index in [0.717, 1.165) is 23.1 Å². The molecular weight excluding hydrogens is 352 g/mol. The van der Waals surface area contributed by atoms with Crippen LogP contribution in [0.2, 0.25) is 0 Å². The lowest BCUT2D eigenvalue weighted by Gasteiger charge is -2.21. The predicted molar refractivity (Wildman–Crippen MR) is 88.1 cm³/mol. The number of carbonyl (C=O) groups is 2. The summed E-state index contributed by atoms with van der Waals surface area (Å²) >= 11 is 0. The number of nitrogens with zero attached hydrogens (tertiary/aromatic N) is 1. The first-order chi connectivity index (χ1) is 12.2. The highest BCUT2D eigenvalue weighted by Crippen LogP contribution is 2.34. The van der Waals surface area contributed by atoms with Gasteiger partial charge in [-0.1, -0.05) is 18.2 Å². The van der Waals surface area contributed by atoms with E-state index in [1.54, 1.807) is 6.92 Å². The van der Waals surface area contributed by atoms with Crippen molar-refractivity contribution in [1.82, 2.24) is 4.90 Å².